The Morgan fingerprint density at radius 2 is 2.09 bits per heavy atom. The summed E-state index contributed by atoms with van der Waals surface area (Å²) in [7, 11) is -2.41. The number of methoxy groups -OCH3 is 1. The van der Waals surface area contributed by atoms with Gasteiger partial charge >= 0.3 is 0 Å². The highest BCUT2D eigenvalue weighted by Crippen LogP contribution is 2.30. The van der Waals surface area contributed by atoms with Crippen LogP contribution in [0.1, 0.15) is 22.9 Å². The maximum absolute atomic E-state index is 12.8. The van der Waals surface area contributed by atoms with Gasteiger partial charge in [-0.05, 0) is 48.4 Å². The van der Waals surface area contributed by atoms with Crippen LogP contribution in [0.15, 0.2) is 63.2 Å². The first-order chi connectivity index (χ1) is 15.3. The van der Waals surface area contributed by atoms with Crippen LogP contribution in [-0.4, -0.2) is 38.8 Å². The van der Waals surface area contributed by atoms with E-state index in [0.717, 1.165) is 11.1 Å². The Hall–Kier alpha value is -3.37. The van der Waals surface area contributed by atoms with Crippen molar-refractivity contribution in [3.63, 3.8) is 0 Å². The van der Waals surface area contributed by atoms with Crippen molar-refractivity contribution in [1.82, 2.24) is 15.0 Å². The molecule has 166 valence electrons. The van der Waals surface area contributed by atoms with E-state index in [2.05, 4.69) is 20.0 Å². The summed E-state index contributed by atoms with van der Waals surface area (Å²) in [6, 6.07) is 9.87. The van der Waals surface area contributed by atoms with Crippen molar-refractivity contribution < 1.29 is 22.4 Å². The zero-order valence-corrected chi connectivity index (χ0v) is 18.7. The second kappa shape index (κ2) is 8.64. The number of benzene rings is 2. The number of sulfonamides is 1. The highest BCUT2D eigenvalue weighted by molar-refractivity contribution is 7.90. The van der Waals surface area contributed by atoms with Crippen molar-refractivity contribution in [3.8, 4) is 5.75 Å². The molecule has 0 radical (unpaired) electrons. The van der Waals surface area contributed by atoms with Crippen LogP contribution in [0.25, 0.3) is 0 Å². The molecule has 0 spiro atoms. The van der Waals surface area contributed by atoms with Crippen LogP contribution < -0.4 is 14.8 Å². The van der Waals surface area contributed by atoms with E-state index in [0.29, 0.717) is 11.6 Å². The Balaban J connectivity index is 1.60. The molecule has 11 heteroatoms. The average Bonchev–Trinajstić information content (AvgIpc) is 3.28. The molecule has 4 rings (SSSR count). The van der Waals surface area contributed by atoms with Gasteiger partial charge in [-0.15, -0.1) is 0 Å². The van der Waals surface area contributed by atoms with Gasteiger partial charge in [-0.2, -0.15) is 0 Å². The van der Waals surface area contributed by atoms with Crippen molar-refractivity contribution in [2.24, 2.45) is 4.99 Å². The van der Waals surface area contributed by atoms with E-state index in [1.54, 1.807) is 7.11 Å². The summed E-state index contributed by atoms with van der Waals surface area (Å²) in [4.78, 5) is 21.0. The van der Waals surface area contributed by atoms with E-state index in [1.807, 2.05) is 25.1 Å². The lowest BCUT2D eigenvalue weighted by molar-refractivity contribution is -0.115. The quantitative estimate of drug-likeness (QED) is 0.566. The lowest BCUT2D eigenvalue weighted by Crippen LogP contribution is -2.45. The second-order valence-electron chi connectivity index (χ2n) is 7.09. The van der Waals surface area contributed by atoms with Gasteiger partial charge in [0.2, 0.25) is 11.7 Å². The molecule has 0 saturated carbocycles. The largest absolute Gasteiger partial charge is 0.497 e. The number of fused-ring (bicyclic) bond motifs is 1. The van der Waals surface area contributed by atoms with Gasteiger partial charge < -0.3 is 14.5 Å². The number of oxazole rings is 1. The number of aliphatic imine (C=N–C) groups is 1. The summed E-state index contributed by atoms with van der Waals surface area (Å²) in [6.45, 7) is 2.01. The number of hydrogen-bond donors (Lipinski definition) is 2. The number of nitrogens with zero attached hydrogens (tertiary/aromatic N) is 2. The number of nitrogens with one attached hydrogen (secondary N) is 2. The fourth-order valence-electron chi connectivity index (χ4n) is 3.35. The van der Waals surface area contributed by atoms with Crippen molar-refractivity contribution in [2.45, 2.75) is 17.7 Å². The van der Waals surface area contributed by atoms with Crippen LogP contribution in [0, 0.1) is 6.92 Å². The predicted octanol–water partition coefficient (Wildman–Crippen LogP) is 2.92. The van der Waals surface area contributed by atoms with Crippen LogP contribution in [0.3, 0.4) is 0 Å². The SMILES string of the molecule is COc1cc(C)cc(C(CNC(=O)C2=Nc3ccc(Cl)cc3S(=O)(=O)N2)c2ncco2)c1. The monoisotopic (exact) mass is 474 g/mol. The molecule has 1 amide bonds. The van der Waals surface area contributed by atoms with Gasteiger partial charge in [0.1, 0.15) is 16.9 Å². The smallest absolute Gasteiger partial charge is 0.287 e. The number of amides is 1. The molecular formula is C21H19ClN4O5S. The predicted molar refractivity (Wildman–Crippen MR) is 118 cm³/mol. The van der Waals surface area contributed by atoms with Crippen LogP contribution in [0.5, 0.6) is 5.75 Å². The minimum absolute atomic E-state index is 0.0835. The Kier molecular flexibility index (Phi) is 5.90. The van der Waals surface area contributed by atoms with Crippen molar-refractivity contribution in [2.75, 3.05) is 13.7 Å². The Labute approximate surface area is 189 Å². The highest BCUT2D eigenvalue weighted by Gasteiger charge is 2.30. The van der Waals surface area contributed by atoms with Gasteiger partial charge in [0, 0.05) is 11.6 Å². The lowest BCUT2D eigenvalue weighted by atomic mass is 9.96. The lowest BCUT2D eigenvalue weighted by Gasteiger charge is -2.20. The number of carbonyl (C=O) groups excluding carboxylic acids is 1. The number of halogens is 1. The van der Waals surface area contributed by atoms with Gasteiger partial charge in [0.15, 0.2) is 0 Å². The minimum atomic E-state index is -3.98. The average molecular weight is 475 g/mol. The number of ether oxygens (including phenoxy) is 1. The summed E-state index contributed by atoms with van der Waals surface area (Å²) in [5.41, 5.74) is 1.91. The van der Waals surface area contributed by atoms with E-state index >= 15 is 0 Å². The Morgan fingerprint density at radius 1 is 1.28 bits per heavy atom. The van der Waals surface area contributed by atoms with E-state index in [9.17, 15) is 13.2 Å². The molecule has 0 aliphatic carbocycles. The summed E-state index contributed by atoms with van der Waals surface area (Å²) in [5.74, 6) is -0.417. The van der Waals surface area contributed by atoms with E-state index < -0.39 is 21.8 Å². The second-order valence-corrected chi connectivity index (χ2v) is 9.18. The molecule has 9 nitrogen and oxygen atoms in total. The molecule has 0 bridgehead atoms. The Morgan fingerprint density at radius 3 is 2.81 bits per heavy atom. The van der Waals surface area contributed by atoms with E-state index in [1.165, 1.54) is 30.7 Å². The third-order valence-corrected chi connectivity index (χ3v) is 6.42. The van der Waals surface area contributed by atoms with Gasteiger partial charge in [-0.1, -0.05) is 17.7 Å². The van der Waals surface area contributed by atoms with E-state index in [-0.39, 0.29) is 28.0 Å². The minimum Gasteiger partial charge on any atom is -0.497 e. The van der Waals surface area contributed by atoms with Crippen molar-refractivity contribution >= 4 is 39.1 Å². The topological polar surface area (TPSA) is 123 Å². The Bertz CT molecular complexity index is 1310. The molecule has 32 heavy (non-hydrogen) atoms. The van der Waals surface area contributed by atoms with Crippen molar-refractivity contribution in [1.29, 1.82) is 0 Å². The fourth-order valence-corrected chi connectivity index (χ4v) is 4.76. The molecule has 2 aromatic carbocycles. The van der Waals surface area contributed by atoms with Crippen molar-refractivity contribution in [3.05, 3.63) is 70.9 Å². The molecule has 1 aliphatic heterocycles. The van der Waals surface area contributed by atoms with Gasteiger partial charge in [-0.3, -0.25) is 9.52 Å². The zero-order valence-electron chi connectivity index (χ0n) is 17.1. The molecule has 1 unspecified atom stereocenters. The summed E-state index contributed by atoms with van der Waals surface area (Å²) in [5, 5.41) is 2.96. The van der Waals surface area contributed by atoms with Crippen LogP contribution >= 0.6 is 11.6 Å². The first-order valence-electron chi connectivity index (χ1n) is 9.51. The molecule has 1 atom stereocenters. The van der Waals surface area contributed by atoms with Gasteiger partial charge in [0.05, 0.1) is 24.9 Å². The third-order valence-electron chi connectivity index (χ3n) is 4.82. The molecule has 1 aromatic heterocycles. The first-order valence-corrected chi connectivity index (χ1v) is 11.4. The number of carbonyl (C=O) groups is 1. The number of hydrogen-bond acceptors (Lipinski definition) is 7. The molecule has 2 heterocycles. The van der Waals surface area contributed by atoms with Gasteiger partial charge in [0.25, 0.3) is 15.9 Å². The first kappa shape index (κ1) is 21.8. The number of rotatable bonds is 6. The number of aromatic nitrogens is 1. The normalized spacial score (nSPS) is 15.2. The third kappa shape index (κ3) is 4.46. The van der Waals surface area contributed by atoms with Crippen LogP contribution in [0.4, 0.5) is 5.69 Å². The maximum atomic E-state index is 12.8. The molecular weight excluding hydrogens is 456 g/mol. The maximum Gasteiger partial charge on any atom is 0.287 e. The molecule has 0 fully saturated rings. The molecule has 1 aliphatic rings. The van der Waals surface area contributed by atoms with Gasteiger partial charge in [-0.25, -0.2) is 18.4 Å². The highest BCUT2D eigenvalue weighted by atomic mass is 35.5. The van der Waals surface area contributed by atoms with E-state index in [4.69, 9.17) is 20.8 Å². The van der Waals surface area contributed by atoms with Crippen LogP contribution in [-0.2, 0) is 14.8 Å². The summed E-state index contributed by atoms with van der Waals surface area (Å²) >= 11 is 5.88. The standard InChI is InChI=1S/C21H19ClN4O5S/c1-12-7-13(9-15(8-12)30-2)16(21-23-5-6-31-21)11-24-20(27)19-25-17-4-3-14(22)10-18(17)32(28,29)26-19/h3-10,16H,11H2,1-2H3,(H,24,27)(H,25,26). The van der Waals surface area contributed by atoms with Crippen LogP contribution in [0.2, 0.25) is 5.02 Å². The number of amidine groups is 1. The summed E-state index contributed by atoms with van der Waals surface area (Å²) < 4.78 is 38.1. The molecule has 0 saturated heterocycles. The fraction of sp³-hybridized carbons (Fsp3) is 0.190. The number of aryl methyl sites for hydroxylation is 1. The summed E-state index contributed by atoms with van der Waals surface area (Å²) in [6.07, 6.45) is 2.96. The molecule has 2 N–H and O–H groups in total. The zero-order chi connectivity index (χ0) is 22.9. The molecule has 3 aromatic rings.